The SMILES string of the molecule is CC(C)c1cc(/C=[N+](\O)C2CCN(C)CC2)cc(C(C)C)c1O. The fourth-order valence-electron chi connectivity index (χ4n) is 3.18. The zero-order chi connectivity index (χ0) is 17.1. The number of nitrogens with zero attached hydrogens (tertiary/aromatic N) is 2. The molecule has 0 radical (unpaired) electrons. The van der Waals surface area contributed by atoms with Gasteiger partial charge >= 0.3 is 0 Å². The molecule has 1 fully saturated rings. The fraction of sp³-hybridized carbons (Fsp3) is 0.632. The van der Waals surface area contributed by atoms with E-state index in [2.05, 4.69) is 39.6 Å². The van der Waals surface area contributed by atoms with Crippen molar-refractivity contribution in [1.29, 1.82) is 0 Å². The second-order valence-corrected chi connectivity index (χ2v) is 7.40. The Morgan fingerprint density at radius 3 is 2.00 bits per heavy atom. The average Bonchev–Trinajstić information content (AvgIpc) is 2.48. The van der Waals surface area contributed by atoms with Crippen LogP contribution < -0.4 is 0 Å². The first-order valence-corrected chi connectivity index (χ1v) is 8.67. The van der Waals surface area contributed by atoms with Crippen LogP contribution in [0.3, 0.4) is 0 Å². The van der Waals surface area contributed by atoms with Gasteiger partial charge in [0.05, 0.1) is 0 Å². The molecule has 1 aliphatic rings. The maximum absolute atomic E-state index is 10.5. The molecule has 0 aliphatic carbocycles. The van der Waals surface area contributed by atoms with Crippen LogP contribution in [0.5, 0.6) is 5.75 Å². The van der Waals surface area contributed by atoms with Crippen molar-refractivity contribution in [2.45, 2.75) is 58.4 Å². The fourth-order valence-corrected chi connectivity index (χ4v) is 3.18. The maximum atomic E-state index is 10.5. The third kappa shape index (κ3) is 4.25. The zero-order valence-corrected chi connectivity index (χ0v) is 15.1. The molecule has 1 aromatic rings. The van der Waals surface area contributed by atoms with Gasteiger partial charge in [-0.3, -0.25) is 5.21 Å². The van der Waals surface area contributed by atoms with Gasteiger partial charge < -0.3 is 10.0 Å². The van der Waals surface area contributed by atoms with E-state index >= 15 is 0 Å². The average molecular weight is 319 g/mol. The number of likely N-dealkylation sites (tertiary alicyclic amines) is 1. The first-order valence-electron chi connectivity index (χ1n) is 8.67. The maximum Gasteiger partial charge on any atom is 0.223 e. The van der Waals surface area contributed by atoms with E-state index in [0.29, 0.717) is 5.75 Å². The summed E-state index contributed by atoms with van der Waals surface area (Å²) in [6.45, 7) is 10.3. The summed E-state index contributed by atoms with van der Waals surface area (Å²) in [6, 6.07) is 4.15. The van der Waals surface area contributed by atoms with Crippen molar-refractivity contribution < 1.29 is 15.1 Å². The minimum absolute atomic E-state index is 0.171. The van der Waals surface area contributed by atoms with Crippen LogP contribution in [0, 0.1) is 0 Å². The molecule has 0 unspecified atom stereocenters. The van der Waals surface area contributed by atoms with Gasteiger partial charge in [-0.25, -0.2) is 0 Å². The number of aromatic hydroxyl groups is 1. The van der Waals surface area contributed by atoms with E-state index in [1.807, 2.05) is 18.3 Å². The van der Waals surface area contributed by atoms with Crippen LogP contribution in [0.15, 0.2) is 12.1 Å². The van der Waals surface area contributed by atoms with E-state index < -0.39 is 0 Å². The lowest BCUT2D eigenvalue weighted by Crippen LogP contribution is -2.38. The van der Waals surface area contributed by atoms with Crippen molar-refractivity contribution in [1.82, 2.24) is 4.90 Å². The number of piperidine rings is 1. The molecule has 0 amide bonds. The largest absolute Gasteiger partial charge is 0.507 e. The van der Waals surface area contributed by atoms with E-state index in [1.165, 1.54) is 4.74 Å². The van der Waals surface area contributed by atoms with Gasteiger partial charge in [0.25, 0.3) is 0 Å². The normalized spacial score (nSPS) is 18.1. The van der Waals surface area contributed by atoms with Gasteiger partial charge in [0.15, 0.2) is 0 Å². The molecule has 1 saturated heterocycles. The summed E-state index contributed by atoms with van der Waals surface area (Å²) in [7, 11) is 2.12. The lowest BCUT2D eigenvalue weighted by Gasteiger charge is -2.24. The van der Waals surface area contributed by atoms with Crippen molar-refractivity contribution in [3.8, 4) is 5.75 Å². The molecule has 0 bridgehead atoms. The highest BCUT2D eigenvalue weighted by atomic mass is 16.5. The standard InChI is InChI=1S/C19H30N2O2/c1-13(2)17-10-15(11-18(14(3)4)19(17)22)12-21(23)16-6-8-20(5)9-7-16/h10-14,16,23H,6-9H2,1-5H3/p+1. The Morgan fingerprint density at radius 2 is 1.57 bits per heavy atom. The number of hydrogen-bond acceptors (Lipinski definition) is 3. The monoisotopic (exact) mass is 319 g/mol. The summed E-state index contributed by atoms with van der Waals surface area (Å²) in [4.78, 5) is 2.29. The van der Waals surface area contributed by atoms with E-state index in [9.17, 15) is 10.3 Å². The van der Waals surface area contributed by atoms with Crippen LogP contribution in [0.2, 0.25) is 0 Å². The topological polar surface area (TPSA) is 46.7 Å². The summed E-state index contributed by atoms with van der Waals surface area (Å²) >= 11 is 0. The Kier molecular flexibility index (Phi) is 5.69. The molecule has 1 heterocycles. The van der Waals surface area contributed by atoms with Gasteiger partial charge in [0, 0.05) is 31.5 Å². The number of hydroxylamine groups is 1. The van der Waals surface area contributed by atoms with Crippen LogP contribution in [0.1, 0.15) is 69.1 Å². The number of hydrogen-bond donors (Lipinski definition) is 2. The van der Waals surface area contributed by atoms with Crippen molar-refractivity contribution in [2.24, 2.45) is 0 Å². The minimum atomic E-state index is 0.171. The molecule has 0 aromatic heterocycles. The van der Waals surface area contributed by atoms with Crippen molar-refractivity contribution >= 4 is 6.21 Å². The summed E-state index contributed by atoms with van der Waals surface area (Å²) in [6.07, 6.45) is 3.75. The summed E-state index contributed by atoms with van der Waals surface area (Å²) in [5.74, 6) is 0.892. The van der Waals surface area contributed by atoms with Crippen molar-refractivity contribution in [2.75, 3.05) is 20.1 Å². The molecular weight excluding hydrogens is 288 g/mol. The molecule has 0 atom stereocenters. The third-order valence-electron chi connectivity index (χ3n) is 4.78. The molecular formula is C19H31N2O2+. The Bertz CT molecular complexity index is 542. The Balaban J connectivity index is 2.33. The van der Waals surface area contributed by atoms with Crippen LogP contribution in [0.25, 0.3) is 0 Å². The highest BCUT2D eigenvalue weighted by molar-refractivity contribution is 5.77. The highest BCUT2D eigenvalue weighted by Gasteiger charge is 2.26. The molecule has 1 aromatic carbocycles. The second kappa shape index (κ2) is 7.35. The van der Waals surface area contributed by atoms with E-state index in [1.54, 1.807) is 0 Å². The predicted octanol–water partition coefficient (Wildman–Crippen LogP) is 3.55. The Hall–Kier alpha value is -1.55. The molecule has 0 saturated carbocycles. The molecule has 2 rings (SSSR count). The number of benzene rings is 1. The zero-order valence-electron chi connectivity index (χ0n) is 15.1. The van der Waals surface area contributed by atoms with Gasteiger partial charge in [0.2, 0.25) is 12.3 Å². The molecule has 4 nitrogen and oxygen atoms in total. The van der Waals surface area contributed by atoms with E-state index in [-0.39, 0.29) is 17.9 Å². The number of rotatable bonds is 4. The molecule has 23 heavy (non-hydrogen) atoms. The van der Waals surface area contributed by atoms with Crippen LogP contribution >= 0.6 is 0 Å². The first-order chi connectivity index (χ1) is 10.8. The third-order valence-corrected chi connectivity index (χ3v) is 4.78. The Labute approximate surface area is 140 Å². The predicted molar refractivity (Wildman–Crippen MR) is 94.0 cm³/mol. The van der Waals surface area contributed by atoms with Gasteiger partial charge in [-0.05, 0) is 46.9 Å². The summed E-state index contributed by atoms with van der Waals surface area (Å²) in [5, 5.41) is 20.9. The van der Waals surface area contributed by atoms with Gasteiger partial charge in [-0.2, -0.15) is 0 Å². The molecule has 4 heteroatoms. The summed E-state index contributed by atoms with van der Waals surface area (Å²) < 4.78 is 1.37. The number of phenolic OH excluding ortho intramolecular Hbond substituents is 1. The van der Waals surface area contributed by atoms with Gasteiger partial charge in [0.1, 0.15) is 5.75 Å². The number of phenols is 1. The van der Waals surface area contributed by atoms with Gasteiger partial charge in [-0.1, -0.05) is 27.7 Å². The molecule has 2 N–H and O–H groups in total. The lowest BCUT2D eigenvalue weighted by atomic mass is 9.91. The van der Waals surface area contributed by atoms with Crippen molar-refractivity contribution in [3.63, 3.8) is 0 Å². The van der Waals surface area contributed by atoms with Crippen LogP contribution in [-0.2, 0) is 0 Å². The smallest absolute Gasteiger partial charge is 0.223 e. The highest BCUT2D eigenvalue weighted by Crippen LogP contribution is 2.34. The minimum Gasteiger partial charge on any atom is -0.507 e. The molecule has 128 valence electrons. The molecule has 1 aliphatic heterocycles. The quantitative estimate of drug-likeness (QED) is 0.386. The summed E-state index contributed by atoms with van der Waals surface area (Å²) in [5.41, 5.74) is 2.84. The lowest BCUT2D eigenvalue weighted by molar-refractivity contribution is -0.797. The van der Waals surface area contributed by atoms with E-state index in [4.69, 9.17) is 0 Å². The van der Waals surface area contributed by atoms with Crippen LogP contribution in [-0.4, -0.2) is 52.3 Å². The first kappa shape index (κ1) is 17.8. The Morgan fingerprint density at radius 1 is 1.09 bits per heavy atom. The van der Waals surface area contributed by atoms with E-state index in [0.717, 1.165) is 42.6 Å². The van der Waals surface area contributed by atoms with Gasteiger partial charge in [-0.15, -0.1) is 0 Å². The van der Waals surface area contributed by atoms with Crippen molar-refractivity contribution in [3.05, 3.63) is 28.8 Å². The molecule has 0 spiro atoms. The van der Waals surface area contributed by atoms with Crippen LogP contribution in [0.4, 0.5) is 0 Å². The second-order valence-electron chi connectivity index (χ2n) is 7.40.